The Labute approximate surface area is 173 Å². The average Bonchev–Trinajstić information content (AvgIpc) is 3.49. The van der Waals surface area contributed by atoms with Crippen molar-refractivity contribution >= 4 is 16.8 Å². The summed E-state index contributed by atoms with van der Waals surface area (Å²) < 4.78 is 28.7. The Morgan fingerprint density at radius 2 is 1.97 bits per heavy atom. The van der Waals surface area contributed by atoms with E-state index in [2.05, 4.69) is 28.6 Å². The van der Waals surface area contributed by atoms with Gasteiger partial charge in [0.1, 0.15) is 0 Å². The molecular weight excluding hydrogens is 386 g/mol. The molecule has 1 heterocycles. The Morgan fingerprint density at radius 1 is 1.27 bits per heavy atom. The van der Waals surface area contributed by atoms with Crippen molar-refractivity contribution in [3.8, 4) is 6.07 Å². The second kappa shape index (κ2) is 7.52. The summed E-state index contributed by atoms with van der Waals surface area (Å²) in [5, 5.41) is 16.8. The van der Waals surface area contributed by atoms with Crippen LogP contribution in [0.25, 0.3) is 10.9 Å². The van der Waals surface area contributed by atoms with E-state index >= 15 is 0 Å². The van der Waals surface area contributed by atoms with E-state index in [4.69, 9.17) is 5.26 Å². The molecule has 0 aliphatic heterocycles. The van der Waals surface area contributed by atoms with Gasteiger partial charge in [0.15, 0.2) is 0 Å². The highest BCUT2D eigenvalue weighted by molar-refractivity contribution is 5.83. The number of halogens is 2. The minimum atomic E-state index is -3.47. The van der Waals surface area contributed by atoms with Gasteiger partial charge >= 0.3 is 5.92 Å². The largest absolute Gasteiger partial charge is 0.346 e. The van der Waals surface area contributed by atoms with Gasteiger partial charge in [-0.15, -0.1) is 0 Å². The number of nitrogens with zero attached hydrogens (tertiary/aromatic N) is 3. The molecule has 4 rings (SSSR count). The molecule has 0 bridgehead atoms. The average molecular weight is 408 g/mol. The second-order valence-electron chi connectivity index (χ2n) is 8.01. The molecule has 1 aliphatic rings. The fourth-order valence-electron chi connectivity index (χ4n) is 3.78. The molecule has 2 aromatic carbocycles. The van der Waals surface area contributed by atoms with Crippen molar-refractivity contribution < 1.29 is 13.6 Å². The Bertz CT molecular complexity index is 1120. The first kappa shape index (κ1) is 20.0. The molecule has 30 heavy (non-hydrogen) atoms. The van der Waals surface area contributed by atoms with Gasteiger partial charge < -0.3 is 5.32 Å². The van der Waals surface area contributed by atoms with Crippen LogP contribution in [-0.4, -0.2) is 27.7 Å². The van der Waals surface area contributed by atoms with Crippen LogP contribution in [0.15, 0.2) is 48.7 Å². The summed E-state index contributed by atoms with van der Waals surface area (Å²) in [5.74, 6) is -4.19. The Hall–Kier alpha value is -3.27. The second-order valence-corrected chi connectivity index (χ2v) is 8.01. The first-order valence-electron chi connectivity index (χ1n) is 9.94. The molecule has 1 aliphatic carbocycles. The van der Waals surface area contributed by atoms with Crippen molar-refractivity contribution in [3.05, 3.63) is 65.4 Å². The summed E-state index contributed by atoms with van der Waals surface area (Å²) in [6.07, 6.45) is 4.02. The SMILES string of the molecule is C[C@H](NC(=O)C(C)(F)F)[C@@H](c1ccc(C2CC2)cc1)n1ncc2cc(C#N)ccc21. The highest BCUT2D eigenvalue weighted by atomic mass is 19.3. The third-order valence-corrected chi connectivity index (χ3v) is 5.55. The molecule has 0 radical (unpaired) electrons. The highest BCUT2D eigenvalue weighted by Gasteiger charge is 2.35. The lowest BCUT2D eigenvalue weighted by Crippen LogP contribution is -2.46. The van der Waals surface area contributed by atoms with E-state index in [1.165, 1.54) is 18.4 Å². The van der Waals surface area contributed by atoms with Crippen molar-refractivity contribution in [2.75, 3.05) is 0 Å². The maximum Gasteiger partial charge on any atom is 0.321 e. The van der Waals surface area contributed by atoms with Crippen molar-refractivity contribution in [1.82, 2.24) is 15.1 Å². The monoisotopic (exact) mass is 408 g/mol. The van der Waals surface area contributed by atoms with Crippen LogP contribution >= 0.6 is 0 Å². The quantitative estimate of drug-likeness (QED) is 0.651. The van der Waals surface area contributed by atoms with Crippen LogP contribution in [0.2, 0.25) is 0 Å². The van der Waals surface area contributed by atoms with Gasteiger partial charge in [-0.3, -0.25) is 9.48 Å². The van der Waals surface area contributed by atoms with Crippen LogP contribution in [0.5, 0.6) is 0 Å². The number of rotatable bonds is 6. The maximum atomic E-state index is 13.5. The van der Waals surface area contributed by atoms with Gasteiger partial charge in [0.25, 0.3) is 5.91 Å². The number of amides is 1. The zero-order valence-corrected chi connectivity index (χ0v) is 16.8. The summed E-state index contributed by atoms with van der Waals surface area (Å²) in [6, 6.07) is 14.2. The van der Waals surface area contributed by atoms with E-state index in [1.54, 1.807) is 36.0 Å². The molecule has 154 valence electrons. The molecule has 1 fully saturated rings. The predicted octanol–water partition coefficient (Wildman–Crippen LogP) is 4.53. The third-order valence-electron chi connectivity index (χ3n) is 5.55. The number of carbonyl (C=O) groups excluding carboxylic acids is 1. The molecule has 5 nitrogen and oxygen atoms in total. The van der Waals surface area contributed by atoms with Gasteiger partial charge in [-0.25, -0.2) is 0 Å². The molecule has 1 N–H and O–H groups in total. The smallest absolute Gasteiger partial charge is 0.321 e. The van der Waals surface area contributed by atoms with Gasteiger partial charge in [-0.05, 0) is 55.0 Å². The highest BCUT2D eigenvalue weighted by Crippen LogP contribution is 2.40. The van der Waals surface area contributed by atoms with E-state index in [0.29, 0.717) is 18.4 Å². The van der Waals surface area contributed by atoms with Crippen LogP contribution in [-0.2, 0) is 4.79 Å². The molecule has 0 saturated heterocycles. The molecule has 0 spiro atoms. The molecule has 3 aromatic rings. The van der Waals surface area contributed by atoms with E-state index < -0.39 is 23.9 Å². The topological polar surface area (TPSA) is 70.7 Å². The van der Waals surface area contributed by atoms with Crippen LogP contribution in [0.3, 0.4) is 0 Å². The summed E-state index contributed by atoms with van der Waals surface area (Å²) in [4.78, 5) is 12.0. The van der Waals surface area contributed by atoms with E-state index in [0.717, 1.165) is 16.5 Å². The van der Waals surface area contributed by atoms with Gasteiger partial charge in [0.05, 0.1) is 35.4 Å². The van der Waals surface area contributed by atoms with Crippen LogP contribution in [0.1, 0.15) is 55.3 Å². The lowest BCUT2D eigenvalue weighted by molar-refractivity contribution is -0.143. The lowest BCUT2D eigenvalue weighted by atomic mass is 9.97. The molecular formula is C23H22F2N4O. The summed E-state index contributed by atoms with van der Waals surface area (Å²) >= 11 is 0. The normalized spacial score (nSPS) is 16.1. The number of hydrogen-bond acceptors (Lipinski definition) is 3. The minimum Gasteiger partial charge on any atom is -0.346 e. The fourth-order valence-corrected chi connectivity index (χ4v) is 3.78. The summed E-state index contributed by atoms with van der Waals surface area (Å²) in [5.41, 5.74) is 3.40. The van der Waals surface area contributed by atoms with Gasteiger partial charge in [-0.1, -0.05) is 24.3 Å². The van der Waals surface area contributed by atoms with Gasteiger partial charge in [0, 0.05) is 12.3 Å². The van der Waals surface area contributed by atoms with Crippen molar-refractivity contribution in [3.63, 3.8) is 0 Å². The maximum absolute atomic E-state index is 13.5. The van der Waals surface area contributed by atoms with Gasteiger partial charge in [-0.2, -0.15) is 19.1 Å². The number of alkyl halides is 2. The predicted molar refractivity (Wildman–Crippen MR) is 109 cm³/mol. The molecule has 7 heteroatoms. The van der Waals surface area contributed by atoms with Crippen molar-refractivity contribution in [2.24, 2.45) is 0 Å². The fraction of sp³-hybridized carbons (Fsp3) is 0.348. The molecule has 1 aromatic heterocycles. The number of aromatic nitrogens is 2. The third kappa shape index (κ3) is 3.90. The standard InChI is InChI=1S/C23H22F2N4O/c1-14(28-22(30)23(2,24)25)21(18-8-6-17(7-9-18)16-4-5-16)29-20-10-3-15(12-26)11-19(20)13-27-29/h3,6-11,13-14,16,21H,4-5H2,1-2H3,(H,28,30)/t14-,21-/m0/s1. The zero-order valence-electron chi connectivity index (χ0n) is 16.8. The lowest BCUT2D eigenvalue weighted by Gasteiger charge is -2.28. The first-order chi connectivity index (χ1) is 14.3. The first-order valence-corrected chi connectivity index (χ1v) is 9.94. The summed E-state index contributed by atoms with van der Waals surface area (Å²) in [6.45, 7) is 2.28. The van der Waals surface area contributed by atoms with Gasteiger partial charge in [0.2, 0.25) is 0 Å². The Balaban J connectivity index is 1.75. The van der Waals surface area contributed by atoms with Crippen molar-refractivity contribution in [1.29, 1.82) is 5.26 Å². The molecule has 1 amide bonds. The number of hydrogen-bond donors (Lipinski definition) is 1. The number of benzene rings is 2. The molecule has 2 atom stereocenters. The zero-order chi connectivity index (χ0) is 21.5. The van der Waals surface area contributed by atoms with Crippen LogP contribution in [0, 0.1) is 11.3 Å². The number of nitriles is 1. The Morgan fingerprint density at radius 3 is 2.57 bits per heavy atom. The molecule has 0 unspecified atom stereocenters. The van der Waals surface area contributed by atoms with E-state index in [9.17, 15) is 13.6 Å². The number of fused-ring (bicyclic) bond motifs is 1. The van der Waals surface area contributed by atoms with E-state index in [-0.39, 0.29) is 0 Å². The van der Waals surface area contributed by atoms with Crippen LogP contribution < -0.4 is 5.32 Å². The Kier molecular flexibility index (Phi) is 5.02. The van der Waals surface area contributed by atoms with Crippen LogP contribution in [0.4, 0.5) is 8.78 Å². The number of nitrogens with one attached hydrogen (secondary N) is 1. The minimum absolute atomic E-state index is 0.491. The van der Waals surface area contributed by atoms with E-state index in [1.807, 2.05) is 12.1 Å². The van der Waals surface area contributed by atoms with Crippen molar-refractivity contribution in [2.45, 2.75) is 50.6 Å². The number of carbonyl (C=O) groups is 1. The molecule has 1 saturated carbocycles. The summed E-state index contributed by atoms with van der Waals surface area (Å²) in [7, 11) is 0.